The van der Waals surface area contributed by atoms with Crippen molar-refractivity contribution in [3.05, 3.63) is 17.4 Å². The van der Waals surface area contributed by atoms with Gasteiger partial charge in [0.25, 0.3) is 10.0 Å². The predicted molar refractivity (Wildman–Crippen MR) is 76.1 cm³/mol. The first-order chi connectivity index (χ1) is 10.3. The summed E-state index contributed by atoms with van der Waals surface area (Å²) >= 11 is 5.62. The molecule has 1 atom stereocenters. The lowest BCUT2D eigenvalue weighted by Gasteiger charge is -2.37. The molecule has 1 N–H and O–H groups in total. The van der Waals surface area contributed by atoms with Gasteiger partial charge in [0.1, 0.15) is 0 Å². The molecule has 1 unspecified atom stereocenters. The van der Waals surface area contributed by atoms with E-state index in [0.29, 0.717) is 19.3 Å². The molecule has 22 heavy (non-hydrogen) atoms. The molecule has 2 aliphatic heterocycles. The molecule has 0 aliphatic carbocycles. The summed E-state index contributed by atoms with van der Waals surface area (Å²) in [7, 11) is -3.71. The lowest BCUT2D eigenvalue weighted by atomic mass is 9.86. The van der Waals surface area contributed by atoms with Gasteiger partial charge in [0.2, 0.25) is 5.09 Å². The number of sulfonamides is 1. The number of aliphatic carboxylic acids is 1. The third kappa shape index (κ3) is 2.76. The first-order valence-corrected chi connectivity index (χ1v) is 8.76. The van der Waals surface area contributed by atoms with Gasteiger partial charge in [-0.3, -0.25) is 4.79 Å². The molecule has 2 aliphatic rings. The number of rotatable bonds is 3. The molecule has 0 bridgehead atoms. The second kappa shape index (κ2) is 5.52. The lowest BCUT2D eigenvalue weighted by Crippen LogP contribution is -2.46. The molecule has 1 aromatic heterocycles. The van der Waals surface area contributed by atoms with Crippen LogP contribution in [0.4, 0.5) is 0 Å². The minimum Gasteiger partial charge on any atom is -0.481 e. The molecule has 3 heterocycles. The molecule has 0 amide bonds. The maximum Gasteiger partial charge on any atom is 0.308 e. The summed E-state index contributed by atoms with van der Waals surface area (Å²) in [5.74, 6) is -1.37. The second-order valence-corrected chi connectivity index (χ2v) is 7.94. The van der Waals surface area contributed by atoms with E-state index in [1.807, 2.05) is 0 Å². The molecule has 3 rings (SSSR count). The number of nitrogens with zero attached hydrogens (tertiary/aromatic N) is 1. The summed E-state index contributed by atoms with van der Waals surface area (Å²) in [4.78, 5) is 11.0. The number of furan rings is 1. The molecule has 7 nitrogen and oxygen atoms in total. The van der Waals surface area contributed by atoms with Crippen molar-refractivity contribution >= 4 is 27.6 Å². The highest BCUT2D eigenvalue weighted by molar-refractivity contribution is 7.89. The molecule has 0 radical (unpaired) electrons. The van der Waals surface area contributed by atoms with Crippen LogP contribution >= 0.6 is 11.6 Å². The molecule has 1 aromatic rings. The Morgan fingerprint density at radius 2 is 2.05 bits per heavy atom. The number of ether oxygens (including phenoxy) is 1. The zero-order valence-electron chi connectivity index (χ0n) is 11.7. The van der Waals surface area contributed by atoms with Crippen molar-refractivity contribution in [3.8, 4) is 0 Å². The smallest absolute Gasteiger partial charge is 0.308 e. The van der Waals surface area contributed by atoms with Crippen LogP contribution in [-0.2, 0) is 19.6 Å². The van der Waals surface area contributed by atoms with Crippen LogP contribution in [0, 0.1) is 5.92 Å². The molecular formula is C13H16ClNO6S. The average molecular weight is 350 g/mol. The Morgan fingerprint density at radius 3 is 2.55 bits per heavy atom. The van der Waals surface area contributed by atoms with Gasteiger partial charge in [-0.2, -0.15) is 4.31 Å². The molecule has 2 saturated heterocycles. The summed E-state index contributed by atoms with van der Waals surface area (Å²) in [6, 6.07) is 2.71. The normalized spacial score (nSPS) is 25.6. The third-order valence-corrected chi connectivity index (χ3v) is 6.31. The Balaban J connectivity index is 1.68. The number of halogens is 1. The summed E-state index contributed by atoms with van der Waals surface area (Å²) in [6.45, 7) is 0.732. The van der Waals surface area contributed by atoms with E-state index in [4.69, 9.17) is 25.9 Å². The van der Waals surface area contributed by atoms with Crippen molar-refractivity contribution in [3.63, 3.8) is 0 Å². The van der Waals surface area contributed by atoms with Gasteiger partial charge in [-0.1, -0.05) is 0 Å². The number of hydrogen-bond acceptors (Lipinski definition) is 5. The third-order valence-electron chi connectivity index (χ3n) is 4.33. The standard InChI is InChI=1S/C13H16ClNO6S/c14-10-1-2-11(21-10)22(18,19)15-5-3-13(4-6-15)7-9(8-20-13)12(16)17/h1-2,9H,3-8H2,(H,16,17). The molecule has 0 saturated carbocycles. The van der Waals surface area contributed by atoms with Crippen molar-refractivity contribution < 1.29 is 27.5 Å². The van der Waals surface area contributed by atoms with Crippen LogP contribution in [0.3, 0.4) is 0 Å². The first-order valence-electron chi connectivity index (χ1n) is 6.95. The van der Waals surface area contributed by atoms with Gasteiger partial charge >= 0.3 is 5.97 Å². The Labute approximate surface area is 132 Å². The van der Waals surface area contributed by atoms with Gasteiger partial charge in [0.05, 0.1) is 18.1 Å². The van der Waals surface area contributed by atoms with Crippen LogP contribution in [0.5, 0.6) is 0 Å². The lowest BCUT2D eigenvalue weighted by molar-refractivity contribution is -0.141. The number of piperidine rings is 1. The van der Waals surface area contributed by atoms with Crippen LogP contribution < -0.4 is 0 Å². The van der Waals surface area contributed by atoms with Gasteiger partial charge in [-0.25, -0.2) is 8.42 Å². The van der Waals surface area contributed by atoms with Crippen molar-refractivity contribution in [1.29, 1.82) is 0 Å². The van der Waals surface area contributed by atoms with Crippen molar-refractivity contribution in [2.45, 2.75) is 30.0 Å². The van der Waals surface area contributed by atoms with E-state index >= 15 is 0 Å². The SMILES string of the molecule is O=C(O)C1COC2(CCN(S(=O)(=O)c3ccc(Cl)o3)CC2)C1. The fourth-order valence-corrected chi connectivity index (χ4v) is 4.59. The molecule has 0 aromatic carbocycles. The number of hydrogen-bond donors (Lipinski definition) is 1. The van der Waals surface area contributed by atoms with Gasteiger partial charge in [-0.15, -0.1) is 0 Å². The van der Waals surface area contributed by atoms with Crippen molar-refractivity contribution in [1.82, 2.24) is 4.31 Å². The van der Waals surface area contributed by atoms with E-state index in [-0.39, 0.29) is 30.0 Å². The summed E-state index contributed by atoms with van der Waals surface area (Å²) in [5, 5.41) is 8.90. The van der Waals surface area contributed by atoms with Gasteiger partial charge in [0.15, 0.2) is 5.22 Å². The van der Waals surface area contributed by atoms with Gasteiger partial charge < -0.3 is 14.3 Å². The van der Waals surface area contributed by atoms with E-state index in [9.17, 15) is 13.2 Å². The fraction of sp³-hybridized carbons (Fsp3) is 0.615. The molecular weight excluding hydrogens is 334 g/mol. The predicted octanol–water partition coefficient (Wildman–Crippen LogP) is 1.58. The Hall–Kier alpha value is -1.09. The highest BCUT2D eigenvalue weighted by Crippen LogP contribution is 2.39. The molecule has 122 valence electrons. The van der Waals surface area contributed by atoms with Gasteiger partial charge in [0, 0.05) is 13.1 Å². The quantitative estimate of drug-likeness (QED) is 0.889. The van der Waals surface area contributed by atoms with Gasteiger partial charge in [-0.05, 0) is 43.0 Å². The minimum absolute atomic E-state index is 0.0236. The van der Waals surface area contributed by atoms with E-state index in [0.717, 1.165) is 0 Å². The zero-order chi connectivity index (χ0) is 16.0. The number of carbonyl (C=O) groups is 1. The van der Waals surface area contributed by atoms with E-state index in [2.05, 4.69) is 0 Å². The summed E-state index contributed by atoms with van der Waals surface area (Å²) in [5.41, 5.74) is -0.518. The zero-order valence-corrected chi connectivity index (χ0v) is 13.3. The van der Waals surface area contributed by atoms with E-state index in [1.165, 1.54) is 16.4 Å². The molecule has 2 fully saturated rings. The number of carboxylic acid groups (broad SMARTS) is 1. The number of carboxylic acids is 1. The van der Waals surface area contributed by atoms with Crippen LogP contribution in [-0.4, -0.2) is 49.1 Å². The van der Waals surface area contributed by atoms with Crippen molar-refractivity contribution in [2.24, 2.45) is 5.92 Å². The van der Waals surface area contributed by atoms with Crippen LogP contribution in [0.15, 0.2) is 21.6 Å². The minimum atomic E-state index is -3.71. The first kappa shape index (κ1) is 15.8. The summed E-state index contributed by atoms with van der Waals surface area (Å²) in [6.07, 6.45) is 1.39. The molecule has 1 spiro atoms. The maximum atomic E-state index is 12.4. The summed E-state index contributed by atoms with van der Waals surface area (Å²) < 4.78 is 36.8. The molecule has 9 heteroatoms. The van der Waals surface area contributed by atoms with E-state index in [1.54, 1.807) is 0 Å². The van der Waals surface area contributed by atoms with Crippen LogP contribution in [0.2, 0.25) is 5.22 Å². The van der Waals surface area contributed by atoms with Crippen LogP contribution in [0.25, 0.3) is 0 Å². The highest BCUT2D eigenvalue weighted by atomic mass is 35.5. The highest BCUT2D eigenvalue weighted by Gasteiger charge is 2.47. The maximum absolute atomic E-state index is 12.4. The Morgan fingerprint density at radius 1 is 1.36 bits per heavy atom. The topological polar surface area (TPSA) is 97.0 Å². The van der Waals surface area contributed by atoms with Crippen molar-refractivity contribution in [2.75, 3.05) is 19.7 Å². The van der Waals surface area contributed by atoms with E-state index < -0.39 is 27.5 Å². The monoisotopic (exact) mass is 349 g/mol. The second-order valence-electron chi connectivity index (χ2n) is 5.70. The Kier molecular flexibility index (Phi) is 3.96. The van der Waals surface area contributed by atoms with Crippen LogP contribution in [0.1, 0.15) is 19.3 Å². The average Bonchev–Trinajstić information content (AvgIpc) is 3.07. The Bertz CT molecular complexity index is 676. The largest absolute Gasteiger partial charge is 0.481 e. The fourth-order valence-electron chi connectivity index (χ4n) is 3.05.